The first kappa shape index (κ1) is 41.3. The largest absolute Gasteiger partial charge is 0.543 e. The van der Waals surface area contributed by atoms with Gasteiger partial charge in [0.05, 0.1) is 12.7 Å². The number of carbonyl (C=O) groups is 3. The highest BCUT2D eigenvalue weighted by Crippen LogP contribution is 2.47. The maximum absolute atomic E-state index is 13.5. The lowest BCUT2D eigenvalue weighted by Crippen LogP contribution is -2.48. The third kappa shape index (κ3) is 11.6. The second kappa shape index (κ2) is 19.4. The number of hydrogen-bond donors (Lipinski definition) is 3. The Balaban J connectivity index is 2.52. The number of thioether (sulfide) groups is 1. The molecule has 49 heavy (non-hydrogen) atoms. The highest BCUT2D eigenvalue weighted by molar-refractivity contribution is 7.98. The fraction of sp³-hybridized carbons (Fsp3) is 0.559. The molecule has 13 nitrogen and oxygen atoms in total. The van der Waals surface area contributed by atoms with Gasteiger partial charge in [-0.1, -0.05) is 53.0 Å². The number of amides is 2. The summed E-state index contributed by atoms with van der Waals surface area (Å²) in [6.07, 6.45) is 3.27. The van der Waals surface area contributed by atoms with Gasteiger partial charge in [0.2, 0.25) is 5.91 Å². The molecule has 0 aliphatic rings. The predicted octanol–water partition coefficient (Wildman–Crippen LogP) is 6.74. The molecule has 3 N–H and O–H groups in total. The zero-order valence-corrected chi connectivity index (χ0v) is 31.8. The molecule has 0 unspecified atom stereocenters. The Labute approximate surface area is 294 Å². The van der Waals surface area contributed by atoms with Crippen molar-refractivity contribution in [3.63, 3.8) is 0 Å². The van der Waals surface area contributed by atoms with E-state index in [4.69, 9.17) is 28.3 Å². The SMILES string of the molecule is C=CCOC(=O)Nc1noc([C@H](CSCc2c(O[Si](C)(C)C(C)(C)C(C)C)cc(OC)c(C)c2C(=O)OCC=C)NC(=O)CCCCO)n1. The second-order valence-electron chi connectivity index (χ2n) is 12.7. The Morgan fingerprint density at radius 1 is 1.12 bits per heavy atom. The molecule has 15 heteroatoms. The van der Waals surface area contributed by atoms with E-state index in [0.29, 0.717) is 46.9 Å². The first-order valence-electron chi connectivity index (χ1n) is 16.2. The van der Waals surface area contributed by atoms with Crippen molar-refractivity contribution in [2.75, 3.05) is 38.0 Å². The van der Waals surface area contributed by atoms with E-state index in [1.165, 1.54) is 23.9 Å². The van der Waals surface area contributed by atoms with Crippen LogP contribution in [-0.4, -0.2) is 74.2 Å². The smallest absolute Gasteiger partial charge is 0.414 e. The summed E-state index contributed by atoms with van der Waals surface area (Å²) >= 11 is 1.41. The minimum absolute atomic E-state index is 0.00595. The molecular formula is C34H52N4O9SSi. The highest BCUT2D eigenvalue weighted by atomic mass is 32.2. The number of ether oxygens (including phenoxy) is 3. The van der Waals surface area contributed by atoms with Gasteiger partial charge >= 0.3 is 12.1 Å². The van der Waals surface area contributed by atoms with Gasteiger partial charge < -0.3 is 33.6 Å². The fourth-order valence-electron chi connectivity index (χ4n) is 4.63. The number of aliphatic hydroxyl groups is 1. The van der Waals surface area contributed by atoms with Gasteiger partial charge in [0.15, 0.2) is 0 Å². The molecule has 2 amide bonds. The number of aliphatic hydroxyl groups excluding tert-OH is 1. The average Bonchev–Trinajstić information content (AvgIpc) is 3.51. The van der Waals surface area contributed by atoms with Gasteiger partial charge in [0.1, 0.15) is 30.8 Å². The Morgan fingerprint density at radius 2 is 1.80 bits per heavy atom. The Kier molecular flexibility index (Phi) is 16.4. The van der Waals surface area contributed by atoms with Crippen molar-refractivity contribution in [3.8, 4) is 11.5 Å². The molecular weight excluding hydrogens is 669 g/mol. The van der Waals surface area contributed by atoms with E-state index in [-0.39, 0.29) is 60.5 Å². The van der Waals surface area contributed by atoms with Crippen LogP contribution in [0, 0.1) is 12.8 Å². The van der Waals surface area contributed by atoms with Crippen LogP contribution < -0.4 is 19.8 Å². The topological polar surface area (TPSA) is 171 Å². The van der Waals surface area contributed by atoms with Gasteiger partial charge in [-0.15, -0.1) is 0 Å². The molecule has 1 aromatic carbocycles. The number of nitrogens with one attached hydrogen (secondary N) is 2. The highest BCUT2D eigenvalue weighted by Gasteiger charge is 2.45. The molecule has 0 saturated heterocycles. The molecule has 272 valence electrons. The molecule has 1 heterocycles. The zero-order valence-electron chi connectivity index (χ0n) is 30.0. The summed E-state index contributed by atoms with van der Waals surface area (Å²) < 4.78 is 28.5. The van der Waals surface area contributed by atoms with Crippen molar-refractivity contribution in [3.05, 3.63) is 54.0 Å². The third-order valence-corrected chi connectivity index (χ3v) is 14.2. The van der Waals surface area contributed by atoms with E-state index >= 15 is 0 Å². The first-order chi connectivity index (χ1) is 23.1. The van der Waals surface area contributed by atoms with Gasteiger partial charge in [-0.3, -0.25) is 10.1 Å². The van der Waals surface area contributed by atoms with Crippen LogP contribution in [0.15, 0.2) is 35.9 Å². The predicted molar refractivity (Wildman–Crippen MR) is 193 cm³/mol. The first-order valence-corrected chi connectivity index (χ1v) is 20.2. The Bertz CT molecular complexity index is 1440. The minimum atomic E-state index is -2.46. The van der Waals surface area contributed by atoms with Gasteiger partial charge in [-0.05, 0) is 49.0 Å². The van der Waals surface area contributed by atoms with Crippen LogP contribution >= 0.6 is 11.8 Å². The molecule has 0 radical (unpaired) electrons. The van der Waals surface area contributed by atoms with Gasteiger partial charge in [0, 0.05) is 41.7 Å². The van der Waals surface area contributed by atoms with Crippen LogP contribution in [0.5, 0.6) is 11.5 Å². The van der Waals surface area contributed by atoms with Crippen LogP contribution in [0.3, 0.4) is 0 Å². The summed E-state index contributed by atoms with van der Waals surface area (Å²) in [5, 5.41) is 18.1. The number of carbonyl (C=O) groups excluding carboxylic acids is 3. The molecule has 2 rings (SSSR count). The van der Waals surface area contributed by atoms with E-state index < -0.39 is 26.4 Å². The molecule has 1 aromatic heterocycles. The van der Waals surface area contributed by atoms with Crippen molar-refractivity contribution in [2.45, 2.75) is 83.8 Å². The minimum Gasteiger partial charge on any atom is -0.543 e. The lowest BCUT2D eigenvalue weighted by Gasteiger charge is -2.43. The molecule has 0 bridgehead atoms. The summed E-state index contributed by atoms with van der Waals surface area (Å²) in [5.41, 5.74) is 1.57. The van der Waals surface area contributed by atoms with Crippen LogP contribution in [0.1, 0.15) is 80.4 Å². The zero-order chi connectivity index (χ0) is 36.8. The standard InChI is InChI=1S/C34H52N4O9SSi/c1-11-17-44-31(41)29-23(5)26(43-8)19-27(47-49(9,10)34(6,7)22(3)4)24(29)20-48-21-25(35-28(40)15-13-14-16-39)30-36-32(38-46-30)37-33(42)45-18-12-2/h11-12,19,22,25,39H,1-2,13-18,20-21H2,3-10H3,(H,35,40)(H,37,38,42)/t25-/m0/s1. The van der Waals surface area contributed by atoms with E-state index in [2.05, 4.69) is 74.7 Å². The van der Waals surface area contributed by atoms with Crippen molar-refractivity contribution < 1.29 is 42.6 Å². The number of unbranched alkanes of at least 4 members (excludes halogenated alkanes) is 1. The second-order valence-corrected chi connectivity index (χ2v) is 18.3. The maximum Gasteiger partial charge on any atom is 0.414 e. The number of benzene rings is 1. The maximum atomic E-state index is 13.5. The van der Waals surface area contributed by atoms with E-state index in [0.717, 1.165) is 0 Å². The van der Waals surface area contributed by atoms with Crippen molar-refractivity contribution in [1.82, 2.24) is 15.5 Å². The molecule has 0 saturated carbocycles. The average molecular weight is 721 g/mol. The Hall–Kier alpha value is -3.82. The summed E-state index contributed by atoms with van der Waals surface area (Å²) in [5.74, 6) is 0.987. The van der Waals surface area contributed by atoms with Gasteiger partial charge in [-0.25, -0.2) is 9.59 Å². The Morgan fingerprint density at radius 3 is 2.41 bits per heavy atom. The van der Waals surface area contributed by atoms with Crippen molar-refractivity contribution in [2.24, 2.45) is 5.92 Å². The van der Waals surface area contributed by atoms with Gasteiger partial charge in [-0.2, -0.15) is 16.7 Å². The van der Waals surface area contributed by atoms with Crippen LogP contribution in [0.2, 0.25) is 18.1 Å². The third-order valence-electron chi connectivity index (χ3n) is 8.69. The van der Waals surface area contributed by atoms with Crippen molar-refractivity contribution >= 4 is 44.0 Å². The summed E-state index contributed by atoms with van der Waals surface area (Å²) in [4.78, 5) is 42.7. The monoisotopic (exact) mass is 720 g/mol. The van der Waals surface area contributed by atoms with Crippen LogP contribution in [0.4, 0.5) is 10.7 Å². The van der Waals surface area contributed by atoms with Crippen molar-refractivity contribution in [1.29, 1.82) is 0 Å². The number of anilines is 1. The number of esters is 1. The molecule has 0 aliphatic carbocycles. The molecule has 0 aliphatic heterocycles. The summed E-state index contributed by atoms with van der Waals surface area (Å²) in [7, 11) is -0.923. The van der Waals surface area contributed by atoms with Gasteiger partial charge in [0.25, 0.3) is 20.2 Å². The number of hydrogen-bond acceptors (Lipinski definition) is 12. The van der Waals surface area contributed by atoms with E-state index in [1.807, 2.05) is 6.07 Å². The molecule has 1 atom stereocenters. The van der Waals surface area contributed by atoms with E-state index in [1.54, 1.807) is 14.0 Å². The lowest BCUT2D eigenvalue weighted by molar-refractivity contribution is -0.122. The van der Waals surface area contributed by atoms with Crippen LogP contribution in [0.25, 0.3) is 0 Å². The normalized spacial score (nSPS) is 12.2. The molecule has 0 spiro atoms. The number of methoxy groups -OCH3 is 1. The summed E-state index contributed by atoms with van der Waals surface area (Å²) in [6, 6.07) is 1.06. The number of nitrogens with zero attached hydrogens (tertiary/aromatic N) is 2. The molecule has 2 aromatic rings. The lowest BCUT2D eigenvalue weighted by atomic mass is 9.99. The quantitative estimate of drug-likeness (QED) is 0.0538. The fourth-order valence-corrected chi connectivity index (χ4v) is 8.08. The van der Waals surface area contributed by atoms with Crippen LogP contribution in [-0.2, 0) is 20.0 Å². The molecule has 0 fully saturated rings. The van der Waals surface area contributed by atoms with E-state index in [9.17, 15) is 14.4 Å². The summed E-state index contributed by atoms with van der Waals surface area (Å²) in [6.45, 7) is 22.0. The number of aromatic nitrogens is 2. The number of rotatable bonds is 21.